The van der Waals surface area contributed by atoms with Crippen LogP contribution in [0.2, 0.25) is 0 Å². The van der Waals surface area contributed by atoms with Gasteiger partial charge in [0.25, 0.3) is 0 Å². The summed E-state index contributed by atoms with van der Waals surface area (Å²) in [6, 6.07) is 12.5. The normalized spacial score (nSPS) is 12.7. The summed E-state index contributed by atoms with van der Waals surface area (Å²) in [5.74, 6) is 0. The predicted octanol–water partition coefficient (Wildman–Crippen LogP) is 3.68. The Kier molecular flexibility index (Phi) is 3.29. The quantitative estimate of drug-likeness (QED) is 0.769. The van der Waals surface area contributed by atoms with Crippen LogP contribution in [0.5, 0.6) is 0 Å². The summed E-state index contributed by atoms with van der Waals surface area (Å²) in [6.45, 7) is 2.94. The highest BCUT2D eigenvalue weighted by molar-refractivity contribution is 5.80. The summed E-state index contributed by atoms with van der Waals surface area (Å²) >= 11 is 0. The third-order valence-corrected chi connectivity index (χ3v) is 3.37. The van der Waals surface area contributed by atoms with Crippen molar-refractivity contribution in [3.05, 3.63) is 66.2 Å². The molecule has 19 heavy (non-hydrogen) atoms. The summed E-state index contributed by atoms with van der Waals surface area (Å²) in [7, 11) is 0. The molecular weight excluding hydrogens is 236 g/mol. The molecule has 0 aliphatic heterocycles. The molecule has 0 saturated carbocycles. The molecule has 0 unspecified atom stereocenters. The maximum Gasteiger partial charge on any atom is 0.134 e. The maximum atomic E-state index is 5.54. The highest BCUT2D eigenvalue weighted by Gasteiger charge is 2.08. The Labute approximate surface area is 112 Å². The summed E-state index contributed by atoms with van der Waals surface area (Å²) < 4.78 is 5.54. The van der Waals surface area contributed by atoms with E-state index in [0.717, 1.165) is 12.1 Å². The Morgan fingerprint density at radius 2 is 1.95 bits per heavy atom. The highest BCUT2D eigenvalue weighted by atomic mass is 16.3. The van der Waals surface area contributed by atoms with Gasteiger partial charge in [0.1, 0.15) is 5.58 Å². The molecular formula is C16H16N2O. The van der Waals surface area contributed by atoms with Crippen LogP contribution in [0.1, 0.15) is 24.1 Å². The lowest BCUT2D eigenvalue weighted by molar-refractivity contribution is 0.562. The molecule has 1 aromatic carbocycles. The molecule has 96 valence electrons. The summed E-state index contributed by atoms with van der Waals surface area (Å²) in [5.41, 5.74) is 3.37. The van der Waals surface area contributed by atoms with E-state index in [4.69, 9.17) is 4.42 Å². The second kappa shape index (κ2) is 5.24. The Hall–Kier alpha value is -2.13. The number of benzene rings is 1. The van der Waals surface area contributed by atoms with Crippen LogP contribution in [0.4, 0.5) is 0 Å². The van der Waals surface area contributed by atoms with Crippen molar-refractivity contribution in [2.75, 3.05) is 0 Å². The first-order valence-electron chi connectivity index (χ1n) is 6.43. The van der Waals surface area contributed by atoms with Crippen molar-refractivity contribution in [3.8, 4) is 0 Å². The minimum atomic E-state index is 0.289. The fraction of sp³-hybridized carbons (Fsp3) is 0.188. The van der Waals surface area contributed by atoms with Crippen molar-refractivity contribution in [2.24, 2.45) is 0 Å². The van der Waals surface area contributed by atoms with Crippen molar-refractivity contribution in [2.45, 2.75) is 19.5 Å². The van der Waals surface area contributed by atoms with Gasteiger partial charge in [-0.25, -0.2) is 0 Å². The summed E-state index contributed by atoms with van der Waals surface area (Å²) in [6.07, 6.45) is 5.47. The molecule has 0 amide bonds. The zero-order chi connectivity index (χ0) is 13.1. The number of rotatable bonds is 4. The van der Waals surface area contributed by atoms with E-state index in [1.807, 2.05) is 49.0 Å². The van der Waals surface area contributed by atoms with Gasteiger partial charge in [-0.1, -0.05) is 18.2 Å². The molecule has 2 heterocycles. The fourth-order valence-corrected chi connectivity index (χ4v) is 2.20. The Bertz CT molecular complexity index is 661. The zero-order valence-electron chi connectivity index (χ0n) is 10.8. The van der Waals surface area contributed by atoms with E-state index < -0.39 is 0 Å². The van der Waals surface area contributed by atoms with Gasteiger partial charge in [0, 0.05) is 35.9 Å². The lowest BCUT2D eigenvalue weighted by Crippen LogP contribution is -2.17. The number of hydrogen-bond donors (Lipinski definition) is 1. The van der Waals surface area contributed by atoms with Crippen LogP contribution < -0.4 is 5.32 Å². The van der Waals surface area contributed by atoms with Crippen molar-refractivity contribution < 1.29 is 4.42 Å². The SMILES string of the molecule is C[C@H](NCc1coc2ccccc12)c1ccncc1. The van der Waals surface area contributed by atoms with E-state index >= 15 is 0 Å². The van der Waals surface area contributed by atoms with Crippen LogP contribution in [0.3, 0.4) is 0 Å². The van der Waals surface area contributed by atoms with Gasteiger partial charge in [-0.3, -0.25) is 4.98 Å². The Balaban J connectivity index is 1.73. The van der Waals surface area contributed by atoms with E-state index in [0.29, 0.717) is 0 Å². The van der Waals surface area contributed by atoms with E-state index in [2.05, 4.69) is 23.3 Å². The van der Waals surface area contributed by atoms with Crippen LogP contribution in [-0.4, -0.2) is 4.98 Å². The lowest BCUT2D eigenvalue weighted by Gasteiger charge is -2.13. The van der Waals surface area contributed by atoms with Gasteiger partial charge < -0.3 is 9.73 Å². The third-order valence-electron chi connectivity index (χ3n) is 3.37. The molecule has 1 N–H and O–H groups in total. The van der Waals surface area contributed by atoms with Crippen LogP contribution in [0.15, 0.2) is 59.5 Å². The van der Waals surface area contributed by atoms with Gasteiger partial charge >= 0.3 is 0 Å². The van der Waals surface area contributed by atoms with Crippen LogP contribution in [-0.2, 0) is 6.54 Å². The lowest BCUT2D eigenvalue weighted by atomic mass is 10.1. The summed E-state index contributed by atoms with van der Waals surface area (Å²) in [5, 5.41) is 4.68. The van der Waals surface area contributed by atoms with Gasteiger partial charge in [0.2, 0.25) is 0 Å². The standard InChI is InChI=1S/C16H16N2O/c1-12(13-6-8-17-9-7-13)18-10-14-11-19-16-5-3-2-4-15(14)16/h2-9,11-12,18H,10H2,1H3/t12-/m0/s1. The van der Waals surface area contributed by atoms with Crippen LogP contribution in [0, 0.1) is 0 Å². The zero-order valence-corrected chi connectivity index (χ0v) is 10.8. The smallest absolute Gasteiger partial charge is 0.134 e. The number of fused-ring (bicyclic) bond motifs is 1. The minimum Gasteiger partial charge on any atom is -0.464 e. The average molecular weight is 252 g/mol. The number of nitrogens with zero attached hydrogens (tertiary/aromatic N) is 1. The van der Waals surface area contributed by atoms with Crippen molar-refractivity contribution in [1.82, 2.24) is 10.3 Å². The predicted molar refractivity (Wildman–Crippen MR) is 75.7 cm³/mol. The fourth-order valence-electron chi connectivity index (χ4n) is 2.20. The van der Waals surface area contributed by atoms with E-state index in [9.17, 15) is 0 Å². The van der Waals surface area contributed by atoms with Crippen LogP contribution in [0.25, 0.3) is 11.0 Å². The first-order chi connectivity index (χ1) is 9.34. The first-order valence-corrected chi connectivity index (χ1v) is 6.43. The number of aromatic nitrogens is 1. The minimum absolute atomic E-state index is 0.289. The molecule has 1 atom stereocenters. The molecule has 0 saturated heterocycles. The van der Waals surface area contributed by atoms with Crippen molar-refractivity contribution in [1.29, 1.82) is 0 Å². The molecule has 2 aromatic heterocycles. The van der Waals surface area contributed by atoms with Gasteiger partial charge in [-0.15, -0.1) is 0 Å². The number of para-hydroxylation sites is 1. The van der Waals surface area contributed by atoms with Gasteiger partial charge in [0.05, 0.1) is 6.26 Å². The number of furan rings is 1. The number of hydrogen-bond acceptors (Lipinski definition) is 3. The van der Waals surface area contributed by atoms with E-state index in [-0.39, 0.29) is 6.04 Å². The first kappa shape index (κ1) is 11.9. The van der Waals surface area contributed by atoms with E-state index in [1.165, 1.54) is 16.5 Å². The topological polar surface area (TPSA) is 38.1 Å². The van der Waals surface area contributed by atoms with Crippen LogP contribution >= 0.6 is 0 Å². The van der Waals surface area contributed by atoms with Crippen molar-refractivity contribution >= 4 is 11.0 Å². The van der Waals surface area contributed by atoms with Gasteiger partial charge in [-0.05, 0) is 30.7 Å². The molecule has 3 nitrogen and oxygen atoms in total. The Morgan fingerprint density at radius 3 is 2.79 bits per heavy atom. The highest BCUT2D eigenvalue weighted by Crippen LogP contribution is 2.21. The second-order valence-corrected chi connectivity index (χ2v) is 4.64. The molecule has 0 bridgehead atoms. The molecule has 3 aromatic rings. The molecule has 3 heteroatoms. The van der Waals surface area contributed by atoms with Crippen molar-refractivity contribution in [3.63, 3.8) is 0 Å². The molecule has 0 aliphatic carbocycles. The largest absolute Gasteiger partial charge is 0.464 e. The molecule has 3 rings (SSSR count). The van der Waals surface area contributed by atoms with Gasteiger partial charge in [-0.2, -0.15) is 0 Å². The molecule has 0 fully saturated rings. The second-order valence-electron chi connectivity index (χ2n) is 4.64. The Morgan fingerprint density at radius 1 is 1.16 bits per heavy atom. The maximum absolute atomic E-state index is 5.54. The third kappa shape index (κ3) is 2.51. The van der Waals surface area contributed by atoms with Gasteiger partial charge in [0.15, 0.2) is 0 Å². The van der Waals surface area contributed by atoms with E-state index in [1.54, 1.807) is 0 Å². The number of nitrogens with one attached hydrogen (secondary N) is 1. The average Bonchev–Trinajstić information content (AvgIpc) is 2.89. The number of pyridine rings is 1. The summed E-state index contributed by atoms with van der Waals surface area (Å²) in [4.78, 5) is 4.04. The molecule has 0 radical (unpaired) electrons. The molecule has 0 aliphatic rings. The monoisotopic (exact) mass is 252 g/mol. The molecule has 0 spiro atoms.